The van der Waals surface area contributed by atoms with Crippen LogP contribution in [0.4, 0.5) is 5.69 Å². The summed E-state index contributed by atoms with van der Waals surface area (Å²) in [5.74, 6) is -6.21. The van der Waals surface area contributed by atoms with Gasteiger partial charge in [-0.3, -0.25) is 24.0 Å². The van der Waals surface area contributed by atoms with Gasteiger partial charge in [-0.1, -0.05) is 18.2 Å². The monoisotopic (exact) mass is 567 g/mol. The number of phenols is 1. The Bertz CT molecular complexity index is 1640. The molecule has 0 radical (unpaired) electrons. The Morgan fingerprint density at radius 3 is 2.25 bits per heavy atom. The van der Waals surface area contributed by atoms with E-state index >= 15 is 0 Å². The Kier molecular flexibility index (Phi) is 6.50. The molecule has 0 fully saturated rings. The number of fused-ring (bicyclic) bond motifs is 3. The summed E-state index contributed by atoms with van der Waals surface area (Å²) in [7, 11) is -0.130. The van der Waals surface area contributed by atoms with E-state index in [1.165, 1.54) is 6.07 Å². The van der Waals surface area contributed by atoms with Crippen LogP contribution in [0.5, 0.6) is 5.75 Å². The molecular formula is C28H29N3O8S. The molecule has 2 aromatic rings. The Balaban J connectivity index is 1.62. The zero-order chi connectivity index (χ0) is 29.3. The number of aliphatic hydroxyl groups is 2. The van der Waals surface area contributed by atoms with Crippen molar-refractivity contribution < 1.29 is 38.1 Å². The summed E-state index contributed by atoms with van der Waals surface area (Å²) >= 11 is 0. The summed E-state index contributed by atoms with van der Waals surface area (Å²) in [4.78, 5) is 40.8. The number of rotatable bonds is 5. The Hall–Kier alpha value is -4.16. The zero-order valence-electron chi connectivity index (χ0n) is 22.0. The number of phenolic OH excluding ortho intramolecular Hbond substituents is 1. The minimum Gasteiger partial charge on any atom is -0.511 e. The van der Waals surface area contributed by atoms with Crippen molar-refractivity contribution in [3.8, 4) is 16.9 Å². The number of sulfonamides is 1. The fraction of sp³-hybridized carbons (Fsp3) is 0.321. The van der Waals surface area contributed by atoms with E-state index in [-0.39, 0.29) is 29.7 Å². The first-order chi connectivity index (χ1) is 18.7. The Labute approximate surface area is 230 Å². The normalized spacial score (nSPS) is 24.5. The van der Waals surface area contributed by atoms with Gasteiger partial charge in [0.2, 0.25) is 10.0 Å². The number of nitrogens with zero attached hydrogens (tertiary/aromatic N) is 1. The molecule has 5 rings (SSSR count). The lowest BCUT2D eigenvalue weighted by atomic mass is 9.60. The average molecular weight is 568 g/mol. The summed E-state index contributed by atoms with van der Waals surface area (Å²) in [5.41, 5.74) is 7.07. The second-order valence-corrected chi connectivity index (χ2v) is 12.5. The number of carbonyl (C=O) groups excluding carboxylic acids is 3. The van der Waals surface area contributed by atoms with Crippen LogP contribution in [0.25, 0.3) is 11.1 Å². The highest BCUT2D eigenvalue weighted by Crippen LogP contribution is 2.51. The van der Waals surface area contributed by atoms with Crippen molar-refractivity contribution in [3.63, 3.8) is 0 Å². The van der Waals surface area contributed by atoms with Gasteiger partial charge < -0.3 is 21.1 Å². The minimum atomic E-state index is -3.47. The number of allylic oxidation sites excluding steroid dienone is 2. The standard InChI is InChI=1S/C28H29N3O8S/c1-31(2)23-17-11-13-10-16-15(12-4-6-14(7-5-12)30-40(3,38)39)8-9-18(32)20(16)24(33)19(13)25(34)21(17)26(35)22(27(23)36)28(29)37/h4-9,13,17,21,23,30,32,34,36H,10-11H2,1-3H3,(H2,29,37)/t13-,17+,21?,23+/m0/s1. The Morgan fingerprint density at radius 1 is 1.02 bits per heavy atom. The third kappa shape index (κ3) is 4.33. The number of Topliss-reactive ketones (excluding diaryl/α,β-unsaturated/α-hetero) is 2. The van der Waals surface area contributed by atoms with Crippen LogP contribution >= 0.6 is 0 Å². The van der Waals surface area contributed by atoms with Crippen molar-refractivity contribution in [1.82, 2.24) is 4.90 Å². The fourth-order valence-corrected chi connectivity index (χ4v) is 7.03. The lowest BCUT2D eigenvalue weighted by molar-refractivity contribution is -0.127. The first kappa shape index (κ1) is 27.4. The first-order valence-electron chi connectivity index (χ1n) is 12.6. The summed E-state index contributed by atoms with van der Waals surface area (Å²) in [6.07, 6.45) is 1.54. The molecule has 0 heterocycles. The van der Waals surface area contributed by atoms with Gasteiger partial charge in [-0.2, -0.15) is 0 Å². The van der Waals surface area contributed by atoms with E-state index in [1.807, 2.05) is 0 Å². The molecule has 40 heavy (non-hydrogen) atoms. The molecular weight excluding hydrogens is 538 g/mol. The van der Waals surface area contributed by atoms with Gasteiger partial charge in [0, 0.05) is 11.3 Å². The number of nitrogens with two attached hydrogens (primary N) is 1. The number of hydrogen-bond donors (Lipinski definition) is 5. The fourth-order valence-electron chi connectivity index (χ4n) is 6.47. The number of ketones is 2. The van der Waals surface area contributed by atoms with Gasteiger partial charge in [-0.15, -0.1) is 0 Å². The molecule has 0 saturated heterocycles. The molecule has 2 aromatic carbocycles. The van der Waals surface area contributed by atoms with E-state index in [0.717, 1.165) is 6.26 Å². The third-order valence-corrected chi connectivity index (χ3v) is 8.56. The molecule has 0 bridgehead atoms. The molecule has 1 amide bonds. The summed E-state index contributed by atoms with van der Waals surface area (Å²) in [5, 5.41) is 33.0. The highest BCUT2D eigenvalue weighted by Gasteiger charge is 2.54. The zero-order valence-corrected chi connectivity index (χ0v) is 22.8. The van der Waals surface area contributed by atoms with E-state index in [1.54, 1.807) is 49.3 Å². The maximum Gasteiger partial charge on any atom is 0.255 e. The number of primary amides is 1. The van der Waals surface area contributed by atoms with Crippen LogP contribution in [0, 0.1) is 17.8 Å². The van der Waals surface area contributed by atoms with Crippen LogP contribution < -0.4 is 10.5 Å². The van der Waals surface area contributed by atoms with Gasteiger partial charge >= 0.3 is 0 Å². The molecule has 3 aliphatic carbocycles. The van der Waals surface area contributed by atoms with E-state index in [4.69, 9.17) is 5.73 Å². The van der Waals surface area contributed by atoms with Crippen molar-refractivity contribution in [2.45, 2.75) is 18.9 Å². The topological polar surface area (TPSA) is 187 Å². The van der Waals surface area contributed by atoms with Gasteiger partial charge in [0.15, 0.2) is 11.6 Å². The van der Waals surface area contributed by atoms with Crippen LogP contribution in [-0.2, 0) is 26.0 Å². The van der Waals surface area contributed by atoms with Crippen LogP contribution in [0.1, 0.15) is 22.3 Å². The second-order valence-electron chi connectivity index (χ2n) is 10.7. The van der Waals surface area contributed by atoms with Gasteiger partial charge in [-0.05, 0) is 73.7 Å². The smallest absolute Gasteiger partial charge is 0.255 e. The highest BCUT2D eigenvalue weighted by molar-refractivity contribution is 7.92. The third-order valence-electron chi connectivity index (χ3n) is 7.95. The lowest BCUT2D eigenvalue weighted by Gasteiger charge is -2.46. The summed E-state index contributed by atoms with van der Waals surface area (Å²) < 4.78 is 25.5. The molecule has 4 atom stereocenters. The predicted octanol–water partition coefficient (Wildman–Crippen LogP) is 2.04. The van der Waals surface area contributed by atoms with Crippen LogP contribution in [0.15, 0.2) is 59.1 Å². The van der Waals surface area contributed by atoms with Crippen molar-refractivity contribution in [2.75, 3.05) is 25.1 Å². The summed E-state index contributed by atoms with van der Waals surface area (Å²) in [6, 6.07) is 8.80. The minimum absolute atomic E-state index is 0.00460. The van der Waals surface area contributed by atoms with E-state index in [0.29, 0.717) is 22.4 Å². The van der Waals surface area contributed by atoms with E-state index in [9.17, 15) is 38.1 Å². The van der Waals surface area contributed by atoms with Crippen LogP contribution in [0.3, 0.4) is 0 Å². The van der Waals surface area contributed by atoms with Crippen molar-refractivity contribution in [3.05, 3.63) is 70.2 Å². The quantitative estimate of drug-likeness (QED) is 0.337. The number of aromatic hydroxyl groups is 1. The number of benzene rings is 2. The van der Waals surface area contributed by atoms with Crippen LogP contribution in [-0.4, -0.2) is 72.5 Å². The van der Waals surface area contributed by atoms with Gasteiger partial charge in [0.05, 0.1) is 23.8 Å². The molecule has 0 aliphatic heterocycles. The molecule has 3 aliphatic rings. The maximum absolute atomic E-state index is 13.8. The molecule has 0 spiro atoms. The van der Waals surface area contributed by atoms with E-state index < -0.39 is 68.4 Å². The van der Waals surface area contributed by atoms with Gasteiger partial charge in [-0.25, -0.2) is 8.42 Å². The lowest BCUT2D eigenvalue weighted by Crippen LogP contribution is -2.53. The molecule has 6 N–H and O–H groups in total. The van der Waals surface area contributed by atoms with E-state index in [2.05, 4.69) is 4.72 Å². The number of hydrogen-bond acceptors (Lipinski definition) is 9. The van der Waals surface area contributed by atoms with Gasteiger partial charge in [0.25, 0.3) is 5.91 Å². The largest absolute Gasteiger partial charge is 0.511 e. The molecule has 11 nitrogen and oxygen atoms in total. The maximum atomic E-state index is 13.8. The average Bonchev–Trinajstić information content (AvgIpc) is 2.83. The number of anilines is 1. The molecule has 0 saturated carbocycles. The number of carbonyl (C=O) groups is 3. The predicted molar refractivity (Wildman–Crippen MR) is 146 cm³/mol. The van der Waals surface area contributed by atoms with Crippen molar-refractivity contribution >= 4 is 33.2 Å². The summed E-state index contributed by atoms with van der Waals surface area (Å²) in [6.45, 7) is 0. The number of nitrogens with one attached hydrogen (secondary N) is 1. The van der Waals surface area contributed by atoms with Crippen molar-refractivity contribution in [2.24, 2.45) is 23.5 Å². The molecule has 1 unspecified atom stereocenters. The van der Waals surface area contributed by atoms with Crippen molar-refractivity contribution in [1.29, 1.82) is 0 Å². The number of aliphatic hydroxyl groups excluding tert-OH is 2. The molecule has 12 heteroatoms. The number of amides is 1. The SMILES string of the molecule is CN(C)[C@H]1C(O)=C(C(N)=O)C(=O)C2C(O)=C3C(=O)c4c(O)ccc(-c5ccc(NS(C)(=O)=O)cc5)c4C[C@H]3C[C@H]21. The van der Waals surface area contributed by atoms with Gasteiger partial charge in [0.1, 0.15) is 22.8 Å². The number of likely N-dealkylation sites (N-methyl/N-ethyl adjacent to an activating group) is 1. The van der Waals surface area contributed by atoms with Crippen LogP contribution in [0.2, 0.25) is 0 Å². The second kappa shape index (κ2) is 9.49. The highest BCUT2D eigenvalue weighted by atomic mass is 32.2. The molecule has 210 valence electrons. The Morgan fingerprint density at radius 2 is 1.68 bits per heavy atom. The molecule has 0 aromatic heterocycles. The first-order valence-corrected chi connectivity index (χ1v) is 14.4.